The van der Waals surface area contributed by atoms with E-state index in [0.717, 1.165) is 6.08 Å². The minimum atomic E-state index is -8.73. The van der Waals surface area contributed by atoms with Gasteiger partial charge in [0.25, 0.3) is 0 Å². The molecule has 13 heteroatoms. The van der Waals surface area contributed by atoms with Gasteiger partial charge in [0.1, 0.15) is 0 Å². The van der Waals surface area contributed by atoms with Crippen molar-refractivity contribution in [1.82, 2.24) is 0 Å². The molecule has 0 saturated heterocycles. The molecular weight excluding hydrogens is 532 g/mol. The normalized spacial score (nSPS) is 16.2. The molecule has 0 atom stereocenters. The van der Waals surface area contributed by atoms with Crippen LogP contribution in [0, 0.1) is 0 Å². The fourth-order valence-corrected chi connectivity index (χ4v) is 9.87. The Balaban J connectivity index is 3.19. The number of rotatable bonds is 13. The summed E-state index contributed by atoms with van der Waals surface area (Å²) in [4.78, 5) is 0. The third kappa shape index (κ3) is 7.14. The first-order valence-corrected chi connectivity index (χ1v) is 14.8. The summed E-state index contributed by atoms with van der Waals surface area (Å²) in [6, 6.07) is 0. The molecule has 193 valence electrons. The molecule has 0 aromatic rings. The molecule has 33 heavy (non-hydrogen) atoms. The monoisotopic (exact) mass is 561 g/mol. The van der Waals surface area contributed by atoms with Crippen molar-refractivity contribution in [2.75, 3.05) is 13.2 Å². The summed E-state index contributed by atoms with van der Waals surface area (Å²) in [6.07, 6.45) is 1.92. The number of alkyl halides is 9. The molecule has 1 radical (unpaired) electrons. The van der Waals surface area contributed by atoms with Crippen LogP contribution in [-0.4, -0.2) is 47.5 Å². The maximum absolute atomic E-state index is 13.5. The average molecular weight is 560 g/mol. The van der Waals surface area contributed by atoms with Crippen molar-refractivity contribution >= 4 is 13.3 Å². The SMILES string of the molecule is CCCCOC([O])(CCCC1=[C]([Ge]([C](F)(F)F)([C](F)(F)F)[C](F)(F)F)C=CC1)OCCCC. The molecule has 0 bridgehead atoms. The van der Waals surface area contributed by atoms with Gasteiger partial charge in [-0.05, 0) is 0 Å². The Morgan fingerprint density at radius 1 is 0.818 bits per heavy atom. The molecule has 1 rings (SSSR count). The van der Waals surface area contributed by atoms with Gasteiger partial charge in [-0.25, -0.2) is 0 Å². The average Bonchev–Trinajstić information content (AvgIpc) is 3.07. The van der Waals surface area contributed by atoms with Gasteiger partial charge in [0.15, 0.2) is 0 Å². The molecule has 1 aliphatic carbocycles. The molecule has 0 aromatic heterocycles. The van der Waals surface area contributed by atoms with E-state index >= 15 is 0 Å². The Hall–Kier alpha value is -0.727. The van der Waals surface area contributed by atoms with Crippen LogP contribution in [0.15, 0.2) is 22.1 Å². The van der Waals surface area contributed by atoms with Gasteiger partial charge >= 0.3 is 189 Å². The van der Waals surface area contributed by atoms with E-state index in [9.17, 15) is 44.6 Å². The van der Waals surface area contributed by atoms with Crippen LogP contribution in [0.2, 0.25) is 0 Å². The van der Waals surface area contributed by atoms with Gasteiger partial charge in [-0.2, -0.15) is 0 Å². The second-order valence-corrected chi connectivity index (χ2v) is 15.7. The summed E-state index contributed by atoms with van der Waals surface area (Å²) in [5.74, 6) is -2.37. The van der Waals surface area contributed by atoms with Crippen molar-refractivity contribution < 1.29 is 54.1 Å². The zero-order chi connectivity index (χ0) is 25.6. The van der Waals surface area contributed by atoms with Crippen molar-refractivity contribution in [3.05, 3.63) is 22.1 Å². The van der Waals surface area contributed by atoms with E-state index in [0.29, 0.717) is 31.8 Å². The fraction of sp³-hybridized carbons (Fsp3) is 0.800. The molecule has 0 aromatic carbocycles. The first-order valence-electron chi connectivity index (χ1n) is 10.6. The predicted molar refractivity (Wildman–Crippen MR) is 104 cm³/mol. The Labute approximate surface area is 189 Å². The molecular formula is C20H28F9GeO3. The first-order chi connectivity index (χ1) is 15.1. The van der Waals surface area contributed by atoms with E-state index in [1.165, 1.54) is 0 Å². The zero-order valence-electron chi connectivity index (χ0n) is 18.4. The minimum absolute atomic E-state index is 0.0380. The molecule has 0 aliphatic heterocycles. The van der Waals surface area contributed by atoms with E-state index in [1.54, 1.807) is 0 Å². The topological polar surface area (TPSA) is 38.4 Å². The maximum atomic E-state index is 13.5. The van der Waals surface area contributed by atoms with E-state index in [2.05, 4.69) is 0 Å². The Morgan fingerprint density at radius 3 is 1.67 bits per heavy atom. The summed E-state index contributed by atoms with van der Waals surface area (Å²) in [5, 5.41) is -6.68. The van der Waals surface area contributed by atoms with Crippen molar-refractivity contribution in [3.8, 4) is 0 Å². The van der Waals surface area contributed by atoms with E-state index in [-0.39, 0.29) is 19.6 Å². The van der Waals surface area contributed by atoms with Gasteiger partial charge in [0.2, 0.25) is 0 Å². The van der Waals surface area contributed by atoms with Gasteiger partial charge in [-0.15, -0.1) is 0 Å². The second-order valence-electron chi connectivity index (χ2n) is 7.81. The van der Waals surface area contributed by atoms with E-state index in [1.807, 2.05) is 13.8 Å². The van der Waals surface area contributed by atoms with Gasteiger partial charge in [0, 0.05) is 0 Å². The van der Waals surface area contributed by atoms with Gasteiger partial charge in [-0.1, -0.05) is 0 Å². The van der Waals surface area contributed by atoms with Gasteiger partial charge < -0.3 is 0 Å². The number of hydrogen-bond donors (Lipinski definition) is 0. The van der Waals surface area contributed by atoms with Crippen LogP contribution in [0.4, 0.5) is 39.5 Å². The molecule has 0 heterocycles. The number of unbranched alkanes of at least 4 members (excludes halogenated alkanes) is 2. The molecule has 0 saturated carbocycles. The van der Waals surface area contributed by atoms with Gasteiger partial charge in [-0.3, -0.25) is 0 Å². The Morgan fingerprint density at radius 2 is 1.27 bits per heavy atom. The van der Waals surface area contributed by atoms with Crippen LogP contribution in [0.25, 0.3) is 0 Å². The molecule has 0 amide bonds. The van der Waals surface area contributed by atoms with E-state index < -0.39 is 63.5 Å². The van der Waals surface area contributed by atoms with Crippen molar-refractivity contribution in [2.45, 2.75) is 86.2 Å². The van der Waals surface area contributed by atoms with Gasteiger partial charge in [0.05, 0.1) is 0 Å². The number of ether oxygens (including phenoxy) is 2. The number of allylic oxidation sites excluding steroid dienone is 4. The fourth-order valence-electron chi connectivity index (χ4n) is 3.56. The second kappa shape index (κ2) is 11.8. The van der Waals surface area contributed by atoms with Crippen molar-refractivity contribution in [2.24, 2.45) is 0 Å². The Kier molecular flexibility index (Phi) is 10.8. The van der Waals surface area contributed by atoms with Crippen molar-refractivity contribution in [3.63, 3.8) is 0 Å². The third-order valence-corrected chi connectivity index (χ3v) is 13.5. The zero-order valence-corrected chi connectivity index (χ0v) is 20.5. The molecule has 0 N–H and O–H groups in total. The summed E-state index contributed by atoms with van der Waals surface area (Å²) >= 11 is -8.73. The summed E-state index contributed by atoms with van der Waals surface area (Å²) < 4.78 is 131. The number of halogens is 9. The van der Waals surface area contributed by atoms with Crippen LogP contribution >= 0.6 is 0 Å². The standard InChI is InChI=1S/C20H28F9GeO3/c1-3-5-13-32-17(31,33-14-6-4-2)12-8-10-15-9-7-11-16(15)30(18(21,22)23,19(24,25)26)20(27,28)29/h7,11H,3-6,8-10,12-14H2,1-2H3. The van der Waals surface area contributed by atoms with Crippen LogP contribution in [0.1, 0.15) is 65.2 Å². The quantitative estimate of drug-likeness (QED) is 0.102. The Bertz CT molecular complexity index is 636. The molecule has 0 fully saturated rings. The van der Waals surface area contributed by atoms with Crippen LogP contribution in [0.5, 0.6) is 0 Å². The number of hydrogen-bond acceptors (Lipinski definition) is 2. The summed E-state index contributed by atoms with van der Waals surface area (Å²) in [7, 11) is 0. The summed E-state index contributed by atoms with van der Waals surface area (Å²) in [5.41, 5.74) is -0.591. The molecule has 1 aliphatic rings. The summed E-state index contributed by atoms with van der Waals surface area (Å²) in [6.45, 7) is 3.76. The third-order valence-electron chi connectivity index (χ3n) is 5.31. The predicted octanol–water partition coefficient (Wildman–Crippen LogP) is 7.42. The molecule has 3 nitrogen and oxygen atoms in total. The molecule has 0 unspecified atom stereocenters. The molecule has 0 spiro atoms. The van der Waals surface area contributed by atoms with E-state index in [4.69, 9.17) is 9.47 Å². The van der Waals surface area contributed by atoms with Crippen molar-refractivity contribution in [1.29, 1.82) is 0 Å². The van der Waals surface area contributed by atoms with Crippen LogP contribution in [-0.2, 0) is 14.6 Å². The van der Waals surface area contributed by atoms with Crippen LogP contribution in [0.3, 0.4) is 0 Å². The van der Waals surface area contributed by atoms with Crippen LogP contribution < -0.4 is 0 Å². The first kappa shape index (κ1) is 30.3.